The molecule has 0 aromatic carbocycles. The van der Waals surface area contributed by atoms with Crippen molar-refractivity contribution in [1.29, 1.82) is 0 Å². The third-order valence-corrected chi connectivity index (χ3v) is 4.32. The molecule has 0 spiro atoms. The summed E-state index contributed by atoms with van der Waals surface area (Å²) in [6, 6.07) is 0. The lowest BCUT2D eigenvalue weighted by Gasteiger charge is -2.30. The molecule has 0 aliphatic heterocycles. The van der Waals surface area contributed by atoms with Crippen molar-refractivity contribution in [2.75, 3.05) is 0 Å². The summed E-state index contributed by atoms with van der Waals surface area (Å²) in [5.74, 6) is 1.80. The molecule has 0 aromatic heterocycles. The van der Waals surface area contributed by atoms with Crippen molar-refractivity contribution in [2.45, 2.75) is 70.6 Å². The number of rotatable bonds is 1. The highest BCUT2D eigenvalue weighted by Gasteiger charge is 2.29. The monoisotopic (exact) mass is 208 g/mol. The first kappa shape index (κ1) is 11.2. The molecule has 1 unspecified atom stereocenters. The molecule has 1 atom stereocenters. The molecule has 0 amide bonds. The maximum atomic E-state index is 12.1. The molecule has 86 valence electrons. The van der Waals surface area contributed by atoms with Crippen LogP contribution < -0.4 is 0 Å². The van der Waals surface area contributed by atoms with Gasteiger partial charge in [-0.05, 0) is 31.6 Å². The topological polar surface area (TPSA) is 17.1 Å². The quantitative estimate of drug-likeness (QED) is 0.634. The average Bonchev–Trinajstić information content (AvgIpc) is 2.25. The fourth-order valence-electron chi connectivity index (χ4n) is 3.40. The Morgan fingerprint density at radius 3 is 2.13 bits per heavy atom. The van der Waals surface area contributed by atoms with Gasteiger partial charge in [-0.2, -0.15) is 0 Å². The minimum Gasteiger partial charge on any atom is -0.299 e. The van der Waals surface area contributed by atoms with Crippen LogP contribution in [0.2, 0.25) is 0 Å². The molecule has 0 heterocycles. The van der Waals surface area contributed by atoms with Crippen LogP contribution in [0.5, 0.6) is 0 Å². The maximum absolute atomic E-state index is 12.1. The van der Waals surface area contributed by atoms with Crippen molar-refractivity contribution < 1.29 is 4.79 Å². The van der Waals surface area contributed by atoms with Crippen LogP contribution in [0.1, 0.15) is 70.6 Å². The van der Waals surface area contributed by atoms with E-state index in [2.05, 4.69) is 0 Å². The van der Waals surface area contributed by atoms with Crippen LogP contribution >= 0.6 is 0 Å². The molecule has 2 rings (SSSR count). The minimum atomic E-state index is 0.450. The third-order valence-electron chi connectivity index (χ3n) is 4.32. The lowest BCUT2D eigenvalue weighted by atomic mass is 9.74. The molecule has 0 N–H and O–H groups in total. The molecule has 0 bridgehead atoms. The van der Waals surface area contributed by atoms with E-state index in [1.54, 1.807) is 0 Å². The van der Waals surface area contributed by atoms with Crippen LogP contribution in [-0.4, -0.2) is 5.78 Å². The van der Waals surface area contributed by atoms with Gasteiger partial charge in [0.05, 0.1) is 0 Å². The van der Waals surface area contributed by atoms with E-state index in [9.17, 15) is 4.79 Å². The first-order valence-corrected chi connectivity index (χ1v) is 6.90. The predicted octanol–water partition coefficient (Wildman–Crippen LogP) is 4.11. The number of ketones is 1. The minimum absolute atomic E-state index is 0.450. The Morgan fingerprint density at radius 2 is 1.33 bits per heavy atom. The fourth-order valence-corrected chi connectivity index (χ4v) is 3.40. The van der Waals surface area contributed by atoms with Gasteiger partial charge in [0.15, 0.2) is 0 Å². The van der Waals surface area contributed by atoms with Gasteiger partial charge in [-0.15, -0.1) is 0 Å². The zero-order valence-corrected chi connectivity index (χ0v) is 9.84. The first-order valence-electron chi connectivity index (χ1n) is 6.90. The molecule has 2 fully saturated rings. The van der Waals surface area contributed by atoms with Gasteiger partial charge in [0.1, 0.15) is 5.78 Å². The van der Waals surface area contributed by atoms with E-state index in [0.29, 0.717) is 11.7 Å². The van der Waals surface area contributed by atoms with E-state index in [-0.39, 0.29) is 0 Å². The summed E-state index contributed by atoms with van der Waals surface area (Å²) >= 11 is 0. The van der Waals surface area contributed by atoms with Gasteiger partial charge < -0.3 is 0 Å². The van der Waals surface area contributed by atoms with Crippen LogP contribution in [0.4, 0.5) is 0 Å². The molecule has 1 heteroatoms. The summed E-state index contributed by atoms with van der Waals surface area (Å²) in [6.07, 6.45) is 14.0. The molecule has 0 aromatic rings. The van der Waals surface area contributed by atoms with Crippen LogP contribution in [0, 0.1) is 11.8 Å². The zero-order chi connectivity index (χ0) is 10.5. The lowest BCUT2D eigenvalue weighted by Crippen LogP contribution is -2.26. The number of carbonyl (C=O) groups is 1. The summed E-state index contributed by atoms with van der Waals surface area (Å²) in [5.41, 5.74) is 0. The van der Waals surface area contributed by atoms with Crippen molar-refractivity contribution in [1.82, 2.24) is 0 Å². The van der Waals surface area contributed by atoms with E-state index in [1.165, 1.54) is 57.8 Å². The Hall–Kier alpha value is -0.330. The number of hydrogen-bond acceptors (Lipinski definition) is 1. The molecule has 0 saturated heterocycles. The van der Waals surface area contributed by atoms with Gasteiger partial charge in [-0.25, -0.2) is 0 Å². The normalized spacial score (nSPS) is 30.9. The van der Waals surface area contributed by atoms with Gasteiger partial charge in [0, 0.05) is 12.3 Å². The summed E-state index contributed by atoms with van der Waals surface area (Å²) in [6.45, 7) is 0. The molecule has 0 radical (unpaired) electrons. The lowest BCUT2D eigenvalue weighted by molar-refractivity contribution is -0.125. The van der Waals surface area contributed by atoms with Gasteiger partial charge >= 0.3 is 0 Å². The largest absolute Gasteiger partial charge is 0.299 e. The van der Waals surface area contributed by atoms with Gasteiger partial charge in [0.25, 0.3) is 0 Å². The second kappa shape index (κ2) is 5.67. The van der Waals surface area contributed by atoms with Gasteiger partial charge in [0.2, 0.25) is 0 Å². The van der Waals surface area contributed by atoms with Crippen molar-refractivity contribution in [3.63, 3.8) is 0 Å². The summed E-state index contributed by atoms with van der Waals surface area (Å²) in [4.78, 5) is 12.1. The highest BCUT2D eigenvalue weighted by molar-refractivity contribution is 5.81. The average molecular weight is 208 g/mol. The van der Waals surface area contributed by atoms with E-state index in [0.717, 1.165) is 18.8 Å². The highest BCUT2D eigenvalue weighted by Crippen LogP contribution is 2.35. The summed E-state index contributed by atoms with van der Waals surface area (Å²) in [7, 11) is 0. The first-order chi connectivity index (χ1) is 7.38. The van der Waals surface area contributed by atoms with E-state index < -0.39 is 0 Å². The Labute approximate surface area is 93.6 Å². The van der Waals surface area contributed by atoms with Crippen molar-refractivity contribution in [3.8, 4) is 0 Å². The van der Waals surface area contributed by atoms with Gasteiger partial charge in [-0.1, -0.05) is 38.5 Å². The fraction of sp³-hybridized carbons (Fsp3) is 0.929. The van der Waals surface area contributed by atoms with Gasteiger partial charge in [-0.3, -0.25) is 4.79 Å². The van der Waals surface area contributed by atoms with E-state index in [4.69, 9.17) is 0 Å². The molecule has 15 heavy (non-hydrogen) atoms. The molecule has 2 saturated carbocycles. The van der Waals surface area contributed by atoms with E-state index >= 15 is 0 Å². The highest BCUT2D eigenvalue weighted by atomic mass is 16.1. The molecular formula is C14H24O. The van der Waals surface area contributed by atoms with Crippen molar-refractivity contribution >= 4 is 5.78 Å². The van der Waals surface area contributed by atoms with Crippen LogP contribution in [0.3, 0.4) is 0 Å². The maximum Gasteiger partial charge on any atom is 0.136 e. The smallest absolute Gasteiger partial charge is 0.136 e. The second-order valence-corrected chi connectivity index (χ2v) is 5.42. The number of hydrogen-bond donors (Lipinski definition) is 0. The SMILES string of the molecule is O=C1CCCCCCC1C1CCCCC1. The zero-order valence-electron chi connectivity index (χ0n) is 9.84. The summed E-state index contributed by atoms with van der Waals surface area (Å²) < 4.78 is 0. The Bertz CT molecular complexity index is 203. The molecule has 2 aliphatic rings. The number of carbonyl (C=O) groups excluding carboxylic acids is 1. The summed E-state index contributed by atoms with van der Waals surface area (Å²) in [5, 5.41) is 0. The molecule has 1 nitrogen and oxygen atoms in total. The Kier molecular flexibility index (Phi) is 4.22. The molecule has 2 aliphatic carbocycles. The predicted molar refractivity (Wildman–Crippen MR) is 62.8 cm³/mol. The van der Waals surface area contributed by atoms with Crippen molar-refractivity contribution in [3.05, 3.63) is 0 Å². The van der Waals surface area contributed by atoms with Crippen LogP contribution in [-0.2, 0) is 4.79 Å². The number of Topliss-reactive ketones (excluding diaryl/α,β-unsaturated/α-hetero) is 1. The second-order valence-electron chi connectivity index (χ2n) is 5.42. The third kappa shape index (κ3) is 3.06. The van der Waals surface area contributed by atoms with Crippen molar-refractivity contribution in [2.24, 2.45) is 11.8 Å². The van der Waals surface area contributed by atoms with E-state index in [1.807, 2.05) is 0 Å². The van der Waals surface area contributed by atoms with Crippen LogP contribution in [0.15, 0.2) is 0 Å². The molecular weight excluding hydrogens is 184 g/mol. The van der Waals surface area contributed by atoms with Crippen LogP contribution in [0.25, 0.3) is 0 Å². The standard InChI is InChI=1S/C14H24O/c15-14-11-7-2-1-6-10-13(14)12-8-4-3-5-9-12/h12-13H,1-11H2. The Balaban J connectivity index is 1.93. The Morgan fingerprint density at radius 1 is 0.733 bits per heavy atom.